The Labute approximate surface area is 137 Å². The molecular weight excluding hydrogens is 286 g/mol. The van der Waals surface area contributed by atoms with Crippen molar-refractivity contribution in [2.24, 2.45) is 0 Å². The first-order chi connectivity index (χ1) is 11.3. The van der Waals surface area contributed by atoms with Gasteiger partial charge in [-0.05, 0) is 30.9 Å². The van der Waals surface area contributed by atoms with Crippen LogP contribution in [0.25, 0.3) is 0 Å². The Morgan fingerprint density at radius 3 is 2.65 bits per heavy atom. The van der Waals surface area contributed by atoms with Crippen molar-refractivity contribution in [2.75, 3.05) is 6.54 Å². The van der Waals surface area contributed by atoms with Crippen LogP contribution in [0.2, 0.25) is 0 Å². The van der Waals surface area contributed by atoms with Crippen molar-refractivity contribution in [1.82, 2.24) is 15.1 Å². The third-order valence-corrected chi connectivity index (χ3v) is 4.92. The van der Waals surface area contributed by atoms with Gasteiger partial charge in [-0.3, -0.25) is 9.48 Å². The molecule has 1 N–H and O–H groups in total. The number of hydrogen-bond donors (Lipinski definition) is 1. The molecule has 23 heavy (non-hydrogen) atoms. The normalized spacial score (nSPS) is 16.3. The Kier molecular flexibility index (Phi) is 5.11. The Hall–Kier alpha value is -2.10. The number of hydrogen-bond acceptors (Lipinski definition) is 2. The molecule has 1 aliphatic rings. The molecule has 1 aliphatic carbocycles. The minimum absolute atomic E-state index is 0.138. The molecule has 0 bridgehead atoms. The van der Waals surface area contributed by atoms with E-state index in [-0.39, 0.29) is 11.3 Å². The van der Waals surface area contributed by atoms with Gasteiger partial charge in [-0.15, -0.1) is 0 Å². The van der Waals surface area contributed by atoms with E-state index in [1.54, 1.807) is 6.20 Å². The number of aryl methyl sites for hydroxylation is 1. The van der Waals surface area contributed by atoms with Crippen molar-refractivity contribution in [1.29, 1.82) is 0 Å². The standard InChI is InChI=1S/C19H25N3O/c23-18(10-6-14-22-15-7-13-21-22)20-16-19(11-4-5-12-19)17-8-2-1-3-9-17/h1-3,7-9,13,15H,4-6,10-12,14,16H2,(H,20,23). The SMILES string of the molecule is O=C(CCCn1cccn1)NCC1(c2ccccc2)CCCC1. The van der Waals surface area contributed by atoms with Gasteiger partial charge in [0.05, 0.1) is 0 Å². The largest absolute Gasteiger partial charge is 0.355 e. The highest BCUT2D eigenvalue weighted by molar-refractivity contribution is 5.76. The summed E-state index contributed by atoms with van der Waals surface area (Å²) in [5.41, 5.74) is 1.51. The Balaban J connectivity index is 1.50. The molecule has 2 aromatic rings. The van der Waals surface area contributed by atoms with Gasteiger partial charge in [-0.1, -0.05) is 43.2 Å². The van der Waals surface area contributed by atoms with Gasteiger partial charge >= 0.3 is 0 Å². The minimum atomic E-state index is 0.138. The first kappa shape index (κ1) is 15.8. The molecule has 0 unspecified atom stereocenters. The summed E-state index contributed by atoms with van der Waals surface area (Å²) >= 11 is 0. The third kappa shape index (κ3) is 4.01. The lowest BCUT2D eigenvalue weighted by Gasteiger charge is -2.30. The molecule has 0 aliphatic heterocycles. The highest BCUT2D eigenvalue weighted by atomic mass is 16.1. The van der Waals surface area contributed by atoms with E-state index in [0.717, 1.165) is 19.5 Å². The van der Waals surface area contributed by atoms with E-state index >= 15 is 0 Å². The van der Waals surface area contributed by atoms with Crippen molar-refractivity contribution >= 4 is 5.91 Å². The Morgan fingerprint density at radius 2 is 1.96 bits per heavy atom. The van der Waals surface area contributed by atoms with Crippen LogP contribution in [0, 0.1) is 0 Å². The predicted molar refractivity (Wildman–Crippen MR) is 91.1 cm³/mol. The number of aromatic nitrogens is 2. The zero-order valence-corrected chi connectivity index (χ0v) is 13.6. The summed E-state index contributed by atoms with van der Waals surface area (Å²) < 4.78 is 1.87. The van der Waals surface area contributed by atoms with Crippen LogP contribution in [-0.4, -0.2) is 22.2 Å². The van der Waals surface area contributed by atoms with Crippen molar-refractivity contribution < 1.29 is 4.79 Å². The van der Waals surface area contributed by atoms with E-state index in [1.807, 2.05) is 16.9 Å². The van der Waals surface area contributed by atoms with Crippen molar-refractivity contribution in [3.05, 3.63) is 54.4 Å². The van der Waals surface area contributed by atoms with Crippen LogP contribution >= 0.6 is 0 Å². The molecule has 4 heteroatoms. The second kappa shape index (κ2) is 7.44. The van der Waals surface area contributed by atoms with E-state index in [0.29, 0.717) is 6.42 Å². The van der Waals surface area contributed by atoms with Gasteiger partial charge in [0.2, 0.25) is 5.91 Å². The molecular formula is C19H25N3O. The zero-order chi connectivity index (χ0) is 16.0. The van der Waals surface area contributed by atoms with Gasteiger partial charge in [0.1, 0.15) is 0 Å². The number of nitrogens with zero attached hydrogens (tertiary/aromatic N) is 2. The lowest BCUT2D eigenvalue weighted by atomic mass is 9.79. The minimum Gasteiger partial charge on any atom is -0.355 e. The summed E-state index contributed by atoms with van der Waals surface area (Å²) in [5, 5.41) is 7.33. The lowest BCUT2D eigenvalue weighted by Crippen LogP contribution is -2.39. The Morgan fingerprint density at radius 1 is 1.17 bits per heavy atom. The van der Waals surface area contributed by atoms with Gasteiger partial charge in [0.15, 0.2) is 0 Å². The molecule has 4 nitrogen and oxygen atoms in total. The highest BCUT2D eigenvalue weighted by Gasteiger charge is 2.35. The molecule has 1 heterocycles. The van der Waals surface area contributed by atoms with E-state index < -0.39 is 0 Å². The second-order valence-electron chi connectivity index (χ2n) is 6.50. The molecule has 3 rings (SSSR count). The number of carbonyl (C=O) groups is 1. The topological polar surface area (TPSA) is 46.9 Å². The van der Waals surface area contributed by atoms with Crippen LogP contribution in [0.1, 0.15) is 44.1 Å². The maximum absolute atomic E-state index is 12.2. The molecule has 0 saturated heterocycles. The summed E-state index contributed by atoms with van der Waals surface area (Å²) in [6.07, 6.45) is 9.93. The van der Waals surface area contributed by atoms with E-state index in [4.69, 9.17) is 0 Å². The van der Waals surface area contributed by atoms with Crippen LogP contribution in [0.15, 0.2) is 48.8 Å². The van der Waals surface area contributed by atoms with E-state index in [9.17, 15) is 4.79 Å². The summed E-state index contributed by atoms with van der Waals surface area (Å²) in [6, 6.07) is 12.6. The molecule has 0 spiro atoms. The Bertz CT molecular complexity index is 601. The fourth-order valence-corrected chi connectivity index (χ4v) is 3.60. The highest BCUT2D eigenvalue weighted by Crippen LogP contribution is 2.40. The summed E-state index contributed by atoms with van der Waals surface area (Å²) in [5.74, 6) is 0.152. The van der Waals surface area contributed by atoms with Gasteiger partial charge in [-0.2, -0.15) is 5.10 Å². The molecule has 1 aromatic heterocycles. The van der Waals surface area contributed by atoms with Gasteiger partial charge in [0.25, 0.3) is 0 Å². The van der Waals surface area contributed by atoms with Crippen molar-refractivity contribution in [3.63, 3.8) is 0 Å². The van der Waals surface area contributed by atoms with Crippen molar-refractivity contribution in [3.8, 4) is 0 Å². The summed E-state index contributed by atoms with van der Waals surface area (Å²) in [7, 11) is 0. The van der Waals surface area contributed by atoms with Gasteiger partial charge in [0, 0.05) is 37.3 Å². The molecule has 1 saturated carbocycles. The van der Waals surface area contributed by atoms with Crippen LogP contribution in [0.3, 0.4) is 0 Å². The number of amides is 1. The fourth-order valence-electron chi connectivity index (χ4n) is 3.60. The first-order valence-electron chi connectivity index (χ1n) is 8.58. The maximum atomic E-state index is 12.2. The van der Waals surface area contributed by atoms with Crippen LogP contribution < -0.4 is 5.32 Å². The average Bonchev–Trinajstić information content (AvgIpc) is 3.26. The zero-order valence-electron chi connectivity index (χ0n) is 13.6. The predicted octanol–water partition coefficient (Wildman–Crippen LogP) is 3.29. The van der Waals surface area contributed by atoms with Gasteiger partial charge in [-0.25, -0.2) is 0 Å². The molecule has 1 aromatic carbocycles. The smallest absolute Gasteiger partial charge is 0.220 e. The molecule has 0 radical (unpaired) electrons. The van der Waals surface area contributed by atoms with Crippen LogP contribution in [-0.2, 0) is 16.8 Å². The maximum Gasteiger partial charge on any atom is 0.220 e. The van der Waals surface area contributed by atoms with Gasteiger partial charge < -0.3 is 5.32 Å². The third-order valence-electron chi connectivity index (χ3n) is 4.92. The van der Waals surface area contributed by atoms with Crippen LogP contribution in [0.5, 0.6) is 0 Å². The number of nitrogens with one attached hydrogen (secondary N) is 1. The van der Waals surface area contributed by atoms with E-state index in [2.05, 4.69) is 40.7 Å². The molecule has 122 valence electrons. The molecule has 1 fully saturated rings. The lowest BCUT2D eigenvalue weighted by molar-refractivity contribution is -0.121. The monoisotopic (exact) mass is 311 g/mol. The van der Waals surface area contributed by atoms with Crippen LogP contribution in [0.4, 0.5) is 0 Å². The van der Waals surface area contributed by atoms with Crippen molar-refractivity contribution in [2.45, 2.75) is 50.5 Å². The van der Waals surface area contributed by atoms with E-state index in [1.165, 1.54) is 31.2 Å². The molecule has 1 amide bonds. The number of benzene rings is 1. The number of carbonyl (C=O) groups excluding carboxylic acids is 1. The fraction of sp³-hybridized carbons (Fsp3) is 0.474. The second-order valence-corrected chi connectivity index (χ2v) is 6.50. The average molecular weight is 311 g/mol. The first-order valence-corrected chi connectivity index (χ1v) is 8.58. The summed E-state index contributed by atoms with van der Waals surface area (Å²) in [6.45, 7) is 1.56. The molecule has 0 atom stereocenters. The summed E-state index contributed by atoms with van der Waals surface area (Å²) in [4.78, 5) is 12.2. The number of rotatable bonds is 7. The quantitative estimate of drug-likeness (QED) is 0.853.